The van der Waals surface area contributed by atoms with Crippen molar-refractivity contribution in [2.75, 3.05) is 13.7 Å². The highest BCUT2D eigenvalue weighted by Crippen LogP contribution is 2.12. The van der Waals surface area contributed by atoms with Gasteiger partial charge in [0.1, 0.15) is 5.75 Å². The quantitative estimate of drug-likeness (QED) is 0.747. The first-order chi connectivity index (χ1) is 12.2. The van der Waals surface area contributed by atoms with E-state index in [9.17, 15) is 9.59 Å². The lowest BCUT2D eigenvalue weighted by atomic mass is 10.2. The van der Waals surface area contributed by atoms with Crippen molar-refractivity contribution in [3.05, 3.63) is 60.4 Å². The number of imidazole rings is 1. The first-order valence-electron chi connectivity index (χ1n) is 7.80. The van der Waals surface area contributed by atoms with Crippen molar-refractivity contribution in [2.24, 2.45) is 0 Å². The molecule has 2 aromatic carbocycles. The molecule has 0 bridgehead atoms. The maximum atomic E-state index is 12.0. The number of nitrogens with zero attached hydrogens (tertiary/aromatic N) is 2. The maximum Gasteiger partial charge on any atom is 0.321 e. The molecular formula is C18H18N4O3. The van der Waals surface area contributed by atoms with E-state index in [1.165, 1.54) is 0 Å². The second kappa shape index (κ2) is 7.48. The van der Waals surface area contributed by atoms with E-state index in [-0.39, 0.29) is 0 Å². The lowest BCUT2D eigenvalue weighted by Crippen LogP contribution is -2.40. The molecule has 0 aliphatic heterocycles. The van der Waals surface area contributed by atoms with Gasteiger partial charge in [0.25, 0.3) is 5.91 Å². The molecule has 3 rings (SSSR count). The normalized spacial score (nSPS) is 10.4. The number of ether oxygens (including phenoxy) is 1. The van der Waals surface area contributed by atoms with Gasteiger partial charge in [0, 0.05) is 18.7 Å². The Morgan fingerprint density at radius 1 is 1.12 bits per heavy atom. The van der Waals surface area contributed by atoms with Crippen LogP contribution in [0.5, 0.6) is 5.75 Å². The SMILES string of the molecule is COc1ccc(C(=O)NC(=O)NCCn2cnc3ccccc32)cc1. The van der Waals surface area contributed by atoms with Crippen molar-refractivity contribution < 1.29 is 14.3 Å². The Morgan fingerprint density at radius 3 is 2.64 bits per heavy atom. The zero-order valence-corrected chi connectivity index (χ0v) is 13.7. The fourth-order valence-corrected chi connectivity index (χ4v) is 2.44. The van der Waals surface area contributed by atoms with Crippen molar-refractivity contribution in [1.82, 2.24) is 20.2 Å². The largest absolute Gasteiger partial charge is 0.497 e. The average molecular weight is 338 g/mol. The molecule has 3 aromatic rings. The zero-order valence-electron chi connectivity index (χ0n) is 13.7. The number of urea groups is 1. The van der Waals surface area contributed by atoms with Crippen molar-refractivity contribution in [3.63, 3.8) is 0 Å². The van der Waals surface area contributed by atoms with Gasteiger partial charge in [-0.25, -0.2) is 9.78 Å². The average Bonchev–Trinajstić information content (AvgIpc) is 3.05. The molecule has 0 aliphatic rings. The number of rotatable bonds is 5. The van der Waals surface area contributed by atoms with E-state index >= 15 is 0 Å². The van der Waals surface area contributed by atoms with Gasteiger partial charge in [0.05, 0.1) is 24.5 Å². The minimum absolute atomic E-state index is 0.377. The van der Waals surface area contributed by atoms with Gasteiger partial charge < -0.3 is 14.6 Å². The minimum Gasteiger partial charge on any atom is -0.497 e. The van der Waals surface area contributed by atoms with Gasteiger partial charge in [-0.15, -0.1) is 0 Å². The van der Waals surface area contributed by atoms with Crippen LogP contribution in [0.1, 0.15) is 10.4 Å². The summed E-state index contributed by atoms with van der Waals surface area (Å²) in [6.07, 6.45) is 1.73. The van der Waals surface area contributed by atoms with Crippen LogP contribution in [0.25, 0.3) is 11.0 Å². The number of hydrogen-bond acceptors (Lipinski definition) is 4. The molecule has 0 unspecified atom stereocenters. The van der Waals surface area contributed by atoms with E-state index in [4.69, 9.17) is 4.74 Å². The zero-order chi connectivity index (χ0) is 17.6. The number of carbonyl (C=O) groups is 2. The van der Waals surface area contributed by atoms with Crippen LogP contribution in [-0.2, 0) is 6.54 Å². The summed E-state index contributed by atoms with van der Waals surface area (Å²) in [5.41, 5.74) is 2.29. The number of methoxy groups -OCH3 is 1. The molecule has 128 valence electrons. The standard InChI is InChI=1S/C18H18N4O3/c1-25-14-8-6-13(7-9-14)17(23)21-18(24)19-10-11-22-12-20-15-4-2-3-5-16(15)22/h2-9,12H,10-11H2,1H3,(H2,19,21,23,24). The molecule has 0 saturated carbocycles. The van der Waals surface area contributed by atoms with Crippen LogP contribution in [0.3, 0.4) is 0 Å². The van der Waals surface area contributed by atoms with E-state index in [0.29, 0.717) is 24.4 Å². The number of hydrogen-bond donors (Lipinski definition) is 2. The van der Waals surface area contributed by atoms with Gasteiger partial charge in [0.15, 0.2) is 0 Å². The van der Waals surface area contributed by atoms with Crippen molar-refractivity contribution in [3.8, 4) is 5.75 Å². The number of carbonyl (C=O) groups excluding carboxylic acids is 2. The number of fused-ring (bicyclic) bond motifs is 1. The van der Waals surface area contributed by atoms with Crippen molar-refractivity contribution in [2.45, 2.75) is 6.54 Å². The van der Waals surface area contributed by atoms with Gasteiger partial charge in [-0.2, -0.15) is 0 Å². The Morgan fingerprint density at radius 2 is 1.88 bits per heavy atom. The van der Waals surface area contributed by atoms with Crippen LogP contribution in [0, 0.1) is 0 Å². The smallest absolute Gasteiger partial charge is 0.321 e. The summed E-state index contributed by atoms with van der Waals surface area (Å²) in [6, 6.07) is 13.7. The molecule has 1 heterocycles. The van der Waals surface area contributed by atoms with E-state index < -0.39 is 11.9 Å². The Balaban J connectivity index is 1.50. The summed E-state index contributed by atoms with van der Waals surface area (Å²) in [7, 11) is 1.55. The molecule has 0 radical (unpaired) electrons. The first kappa shape index (κ1) is 16.5. The topological polar surface area (TPSA) is 85.2 Å². The molecule has 0 fully saturated rings. The van der Waals surface area contributed by atoms with E-state index in [1.807, 2.05) is 28.8 Å². The Labute approximate surface area is 144 Å². The summed E-state index contributed by atoms with van der Waals surface area (Å²) in [4.78, 5) is 28.1. The third-order valence-electron chi connectivity index (χ3n) is 3.74. The molecule has 3 amide bonds. The Hall–Kier alpha value is -3.35. The number of benzene rings is 2. The highest BCUT2D eigenvalue weighted by Gasteiger charge is 2.10. The number of aromatic nitrogens is 2. The summed E-state index contributed by atoms with van der Waals surface area (Å²) in [5, 5.41) is 4.96. The molecule has 7 nitrogen and oxygen atoms in total. The number of nitrogens with one attached hydrogen (secondary N) is 2. The molecule has 0 aliphatic carbocycles. The van der Waals surface area contributed by atoms with Gasteiger partial charge in [-0.1, -0.05) is 12.1 Å². The Kier molecular flexibility index (Phi) is 4.94. The highest BCUT2D eigenvalue weighted by molar-refractivity contribution is 6.04. The molecule has 0 saturated heterocycles. The summed E-state index contributed by atoms with van der Waals surface area (Å²) in [6.45, 7) is 0.937. The van der Waals surface area contributed by atoms with Gasteiger partial charge in [-0.3, -0.25) is 10.1 Å². The van der Waals surface area contributed by atoms with Gasteiger partial charge >= 0.3 is 6.03 Å². The fraction of sp³-hybridized carbons (Fsp3) is 0.167. The fourth-order valence-electron chi connectivity index (χ4n) is 2.44. The van der Waals surface area contributed by atoms with Crippen LogP contribution in [0.2, 0.25) is 0 Å². The minimum atomic E-state index is -0.537. The van der Waals surface area contributed by atoms with E-state index in [0.717, 1.165) is 11.0 Å². The third kappa shape index (κ3) is 3.95. The van der Waals surface area contributed by atoms with E-state index in [2.05, 4.69) is 15.6 Å². The first-order valence-corrected chi connectivity index (χ1v) is 7.80. The second-order valence-corrected chi connectivity index (χ2v) is 5.37. The molecule has 7 heteroatoms. The van der Waals surface area contributed by atoms with Crippen LogP contribution in [0.15, 0.2) is 54.9 Å². The lowest BCUT2D eigenvalue weighted by molar-refractivity contribution is 0.0964. The predicted octanol–water partition coefficient (Wildman–Crippen LogP) is 2.18. The molecule has 1 aromatic heterocycles. The monoisotopic (exact) mass is 338 g/mol. The predicted molar refractivity (Wildman–Crippen MR) is 93.6 cm³/mol. The maximum absolute atomic E-state index is 12.0. The van der Waals surface area contributed by atoms with Crippen LogP contribution >= 0.6 is 0 Å². The lowest BCUT2D eigenvalue weighted by Gasteiger charge is -2.08. The highest BCUT2D eigenvalue weighted by atomic mass is 16.5. The van der Waals surface area contributed by atoms with Gasteiger partial charge in [0.2, 0.25) is 0 Å². The number of amides is 3. The van der Waals surface area contributed by atoms with Crippen LogP contribution < -0.4 is 15.4 Å². The van der Waals surface area contributed by atoms with Crippen molar-refractivity contribution in [1.29, 1.82) is 0 Å². The number of para-hydroxylation sites is 2. The summed E-state index contributed by atoms with van der Waals surface area (Å²) in [5.74, 6) is 0.182. The number of imide groups is 1. The molecule has 25 heavy (non-hydrogen) atoms. The summed E-state index contributed by atoms with van der Waals surface area (Å²) < 4.78 is 6.98. The van der Waals surface area contributed by atoms with E-state index in [1.54, 1.807) is 37.7 Å². The van der Waals surface area contributed by atoms with Crippen molar-refractivity contribution >= 4 is 23.0 Å². The third-order valence-corrected chi connectivity index (χ3v) is 3.74. The van der Waals surface area contributed by atoms with Crippen LogP contribution in [-0.4, -0.2) is 35.1 Å². The second-order valence-electron chi connectivity index (χ2n) is 5.37. The molecule has 0 atom stereocenters. The van der Waals surface area contributed by atoms with Crippen LogP contribution in [0.4, 0.5) is 4.79 Å². The molecule has 0 spiro atoms. The summed E-state index contributed by atoms with van der Waals surface area (Å²) >= 11 is 0. The molecular weight excluding hydrogens is 320 g/mol. The Bertz CT molecular complexity index is 887. The van der Waals surface area contributed by atoms with Gasteiger partial charge in [-0.05, 0) is 36.4 Å². The molecule has 2 N–H and O–H groups in total.